The molecule has 13 N–H and O–H groups in total. The number of unbranched alkanes of at least 4 members (excludes halogenated alkanes) is 1. The van der Waals surface area contributed by atoms with Gasteiger partial charge in [-0.25, -0.2) is 9.59 Å². The van der Waals surface area contributed by atoms with Crippen molar-refractivity contribution in [2.24, 2.45) is 5.73 Å². The van der Waals surface area contributed by atoms with Crippen molar-refractivity contribution in [1.82, 2.24) is 31.9 Å². The number of esters is 1. The molecule has 0 unspecified atom stereocenters. The summed E-state index contributed by atoms with van der Waals surface area (Å²) < 4.78 is 22.7. The highest BCUT2D eigenvalue weighted by Gasteiger charge is 2.41. The van der Waals surface area contributed by atoms with Gasteiger partial charge in [-0.05, 0) is 123 Å². The fourth-order valence-corrected chi connectivity index (χ4v) is 9.53. The van der Waals surface area contributed by atoms with E-state index < -0.39 is 118 Å². The maximum Gasteiger partial charge on any atom is 0.407 e. The van der Waals surface area contributed by atoms with Crippen LogP contribution in [-0.2, 0) is 44.7 Å². The summed E-state index contributed by atoms with van der Waals surface area (Å²) in [6.07, 6.45) is -2.43. The van der Waals surface area contributed by atoms with Crippen LogP contribution in [0.1, 0.15) is 92.1 Å². The number of nitrogens with two attached hydrogens (primary N) is 1. The molecule has 416 valence electrons. The number of fused-ring (bicyclic) bond motifs is 15. The fourth-order valence-electron chi connectivity index (χ4n) is 9.06. The molecule has 5 heterocycles. The smallest absolute Gasteiger partial charge is 0.407 e. The van der Waals surface area contributed by atoms with Crippen molar-refractivity contribution in [2.75, 3.05) is 13.7 Å². The number of aromatic hydroxyl groups is 4. The first kappa shape index (κ1) is 56.7. The van der Waals surface area contributed by atoms with Crippen molar-refractivity contribution in [3.05, 3.63) is 117 Å². The zero-order valence-electron chi connectivity index (χ0n) is 42.6. The molecule has 0 aliphatic carbocycles. The van der Waals surface area contributed by atoms with E-state index in [9.17, 15) is 49.5 Å². The van der Waals surface area contributed by atoms with Crippen LogP contribution < -0.4 is 47.1 Å². The Balaban J connectivity index is 1.32. The third-order valence-electron chi connectivity index (χ3n) is 12.9. The van der Waals surface area contributed by atoms with Crippen LogP contribution in [0.4, 0.5) is 4.79 Å². The van der Waals surface area contributed by atoms with Crippen LogP contribution in [0.3, 0.4) is 0 Å². The minimum absolute atomic E-state index is 0.00101. The summed E-state index contributed by atoms with van der Waals surface area (Å²) in [5.41, 5.74) is 4.65. The van der Waals surface area contributed by atoms with E-state index in [1.54, 1.807) is 26.8 Å². The Morgan fingerprint density at radius 3 is 1.99 bits per heavy atom. The van der Waals surface area contributed by atoms with Crippen LogP contribution in [0.2, 0.25) is 10.0 Å². The number of phenolic OH excluding ortho intramolecular Hbond substituents is 4. The molecule has 5 aliphatic heterocycles. The number of rotatable bonds is 6. The fraction of sp³-hybridized carbons (Fsp3) is 0.315. The van der Waals surface area contributed by atoms with Crippen molar-refractivity contribution < 1.29 is 78.0 Å². The molecule has 0 aromatic heterocycles. The number of nitrogens with one attached hydrogen (secondary N) is 6. The second-order valence-electron chi connectivity index (χ2n) is 19.8. The van der Waals surface area contributed by atoms with Gasteiger partial charge in [0.2, 0.25) is 35.3 Å². The highest BCUT2D eigenvalue weighted by atomic mass is 35.5. The summed E-state index contributed by atoms with van der Waals surface area (Å²) in [6, 6.07) is 5.24. The number of carbonyl (C=O) groups excluding carboxylic acids is 7. The van der Waals surface area contributed by atoms with E-state index in [-0.39, 0.29) is 92.9 Å². The average molecular weight is 1130 g/mol. The monoisotopic (exact) mass is 1130 g/mol. The Labute approximate surface area is 460 Å². The second kappa shape index (κ2) is 23.2. The zero-order valence-corrected chi connectivity index (χ0v) is 44.2. The summed E-state index contributed by atoms with van der Waals surface area (Å²) >= 11 is 13.5. The van der Waals surface area contributed by atoms with Crippen molar-refractivity contribution in [3.8, 4) is 57.1 Å². The molecule has 0 radical (unpaired) electrons. The van der Waals surface area contributed by atoms with Crippen LogP contribution >= 0.6 is 23.2 Å². The number of amides is 6. The summed E-state index contributed by atoms with van der Waals surface area (Å²) in [7, 11) is 0.985. The van der Waals surface area contributed by atoms with E-state index in [2.05, 4.69) is 31.9 Å². The number of methoxy groups -OCH3 is 1. The number of aliphatic hydroxyl groups is 1. The standard InChI is InChI=1S/C54H55Cl2N7O16/c1-54(2,3)79-53(75)58-14-6-5-7-33-48(70)60-42-26-19-38(77-36-12-8-23(15-30(36)55)16-32(57)47(69)59-33)46(68)39(20-26)78-37-13-10-25(18-31(37)56)45(67)44-51(73)62-43(52(74)76-4)29-21-27(64)22-35(66)40(29)28-17-24(9-11-34(28)65)41(49(71)63-44)61-50(42)72/h8-13,15,17-22,32-33,41-45,64-68H,5-7,14,16,57H2,1-4H3,(H,58,75)(H,59,69)(H,60,70)(H,61,72)(H,62,73)(H,63,71)/t32-,33+,41-,42-,43-,44+,45-/m1/s1. The van der Waals surface area contributed by atoms with Crippen molar-refractivity contribution in [3.63, 3.8) is 0 Å². The highest BCUT2D eigenvalue weighted by molar-refractivity contribution is 6.32. The van der Waals surface area contributed by atoms with Gasteiger partial charge in [-0.15, -0.1) is 0 Å². The van der Waals surface area contributed by atoms with Gasteiger partial charge in [-0.3, -0.25) is 24.0 Å². The predicted molar refractivity (Wildman–Crippen MR) is 281 cm³/mol. The normalized spacial score (nSPS) is 21.3. The molecule has 79 heavy (non-hydrogen) atoms. The van der Waals surface area contributed by atoms with Gasteiger partial charge in [0.25, 0.3) is 0 Å². The largest absolute Gasteiger partial charge is 0.508 e. The molecule has 0 fully saturated rings. The lowest BCUT2D eigenvalue weighted by Gasteiger charge is -2.31. The number of ether oxygens (including phenoxy) is 4. The number of carbonyl (C=O) groups is 7. The van der Waals surface area contributed by atoms with Gasteiger partial charge in [0, 0.05) is 29.3 Å². The quantitative estimate of drug-likeness (QED) is 0.0784. The number of alkyl carbamates (subject to hydrolysis) is 1. The van der Waals surface area contributed by atoms with E-state index >= 15 is 9.59 Å². The maximum atomic E-state index is 15.4. The summed E-state index contributed by atoms with van der Waals surface area (Å²) in [6.45, 7) is 5.19. The molecular formula is C54H55Cl2N7O16. The number of hydrogen-bond acceptors (Lipinski definition) is 17. The zero-order chi connectivity index (χ0) is 57.2. The molecule has 11 bridgehead atoms. The Hall–Kier alpha value is -8.51. The van der Waals surface area contributed by atoms with Gasteiger partial charge in [-0.1, -0.05) is 41.4 Å². The van der Waals surface area contributed by atoms with E-state index in [1.807, 2.05) is 0 Å². The van der Waals surface area contributed by atoms with Gasteiger partial charge in [0.1, 0.15) is 64.6 Å². The van der Waals surface area contributed by atoms with E-state index in [1.165, 1.54) is 42.5 Å². The van der Waals surface area contributed by atoms with Crippen LogP contribution in [-0.4, -0.2) is 105 Å². The van der Waals surface area contributed by atoms with Gasteiger partial charge >= 0.3 is 12.1 Å². The van der Waals surface area contributed by atoms with Crippen LogP contribution in [0.15, 0.2) is 78.9 Å². The molecule has 10 rings (SSSR count). The topological polar surface area (TPSA) is 356 Å². The first-order chi connectivity index (χ1) is 37.4. The summed E-state index contributed by atoms with van der Waals surface area (Å²) in [5.74, 6) is -10.2. The Morgan fingerprint density at radius 2 is 1.33 bits per heavy atom. The van der Waals surface area contributed by atoms with Gasteiger partial charge in [0.15, 0.2) is 17.5 Å². The van der Waals surface area contributed by atoms with E-state index in [0.29, 0.717) is 5.56 Å². The third-order valence-corrected chi connectivity index (χ3v) is 13.5. The van der Waals surface area contributed by atoms with Crippen LogP contribution in [0.5, 0.6) is 46.0 Å². The predicted octanol–water partition coefficient (Wildman–Crippen LogP) is 5.02. The van der Waals surface area contributed by atoms with Crippen LogP contribution in [0, 0.1) is 0 Å². The lowest BCUT2D eigenvalue weighted by molar-refractivity contribution is -0.146. The minimum Gasteiger partial charge on any atom is -0.508 e. The Morgan fingerprint density at radius 1 is 0.696 bits per heavy atom. The number of aliphatic hydroxyl groups excluding tert-OH is 1. The minimum atomic E-state index is -2.07. The maximum absolute atomic E-state index is 15.4. The first-order valence-electron chi connectivity index (χ1n) is 24.6. The number of benzene rings is 5. The Bertz CT molecular complexity index is 3280. The summed E-state index contributed by atoms with van der Waals surface area (Å²) in [4.78, 5) is 99.9. The third kappa shape index (κ3) is 12.8. The molecule has 6 amide bonds. The summed E-state index contributed by atoms with van der Waals surface area (Å²) in [5, 5.41) is 72.8. The van der Waals surface area contributed by atoms with Gasteiger partial charge in [0.05, 0.1) is 23.2 Å². The second-order valence-corrected chi connectivity index (χ2v) is 20.6. The lowest BCUT2D eigenvalue weighted by atomic mass is 9.89. The molecule has 25 heteroatoms. The van der Waals surface area contributed by atoms with Gasteiger partial charge < -0.3 is 82.1 Å². The van der Waals surface area contributed by atoms with Crippen molar-refractivity contribution >= 4 is 64.8 Å². The molecule has 5 aromatic carbocycles. The molecule has 0 spiro atoms. The number of halogens is 2. The number of phenols is 4. The SMILES string of the molecule is COC(=O)[C@@H]1NC(=O)[C@H]2NC(=O)[C@H](NC(=O)[C@@H]3NC(=O)[C@H](CCCCNC(=O)OC(C)(C)C)NC(=O)[C@H](N)Cc4ccc(c(Cl)c4)Oc4cc3cc(c4O)Oc3ccc(cc3Cl)[C@H]2O)c2ccc(O)c(c2)-c2c(O)cc(O)cc21. The molecule has 7 atom stereocenters. The highest BCUT2D eigenvalue weighted by Crippen LogP contribution is 2.47. The molecule has 23 nitrogen and oxygen atoms in total. The lowest BCUT2D eigenvalue weighted by Crippen LogP contribution is -2.56. The van der Waals surface area contributed by atoms with Crippen molar-refractivity contribution in [1.29, 1.82) is 0 Å². The molecule has 0 saturated heterocycles. The van der Waals surface area contributed by atoms with Crippen LogP contribution in [0.25, 0.3) is 11.1 Å². The Kier molecular flexibility index (Phi) is 16.7. The van der Waals surface area contributed by atoms with E-state index in [0.717, 1.165) is 37.4 Å². The molecule has 5 aliphatic rings. The molecular weight excluding hydrogens is 1070 g/mol. The van der Waals surface area contributed by atoms with Crippen molar-refractivity contribution in [2.45, 2.75) is 94.4 Å². The number of hydrogen-bond donors (Lipinski definition) is 12. The average Bonchev–Trinajstić information content (AvgIpc) is 3.43. The van der Waals surface area contributed by atoms with Gasteiger partial charge in [-0.2, -0.15) is 0 Å². The molecule has 0 saturated carbocycles. The first-order valence-corrected chi connectivity index (χ1v) is 25.3. The van der Waals surface area contributed by atoms with E-state index in [4.69, 9.17) is 47.9 Å². The molecule has 5 aromatic rings.